The van der Waals surface area contributed by atoms with Crippen LogP contribution in [0.3, 0.4) is 0 Å². The Morgan fingerprint density at radius 3 is 1.95 bits per heavy atom. The number of aliphatic hydroxyl groups is 1. The molecule has 1 heterocycles. The van der Waals surface area contributed by atoms with Gasteiger partial charge in [0.1, 0.15) is 18.1 Å². The van der Waals surface area contributed by atoms with E-state index in [1.807, 2.05) is 66.7 Å². The van der Waals surface area contributed by atoms with Crippen molar-refractivity contribution in [2.45, 2.75) is 6.42 Å². The fraction of sp³-hybridized carbons (Fsp3) is 0.100. The molecule has 0 unspecified atom stereocenters. The molecule has 7 heteroatoms. The fourth-order valence-electron chi connectivity index (χ4n) is 4.18. The first-order chi connectivity index (χ1) is 18.1. The van der Waals surface area contributed by atoms with Crippen molar-refractivity contribution in [3.05, 3.63) is 120 Å². The monoisotopic (exact) mass is 512 g/mol. The molecule has 1 aliphatic rings. The van der Waals surface area contributed by atoms with Crippen molar-refractivity contribution < 1.29 is 28.8 Å². The van der Waals surface area contributed by atoms with E-state index in [4.69, 9.17) is 24.0 Å². The van der Waals surface area contributed by atoms with Crippen LogP contribution in [0.15, 0.2) is 103 Å². The van der Waals surface area contributed by atoms with Gasteiger partial charge in [-0.05, 0) is 63.0 Å². The van der Waals surface area contributed by atoms with Gasteiger partial charge in [-0.2, -0.15) is 0 Å². The van der Waals surface area contributed by atoms with Crippen LogP contribution in [0, 0.1) is 0 Å². The Balaban J connectivity index is 0.000000164. The number of para-hydroxylation sites is 2. The van der Waals surface area contributed by atoms with Gasteiger partial charge in [-0.1, -0.05) is 72.8 Å². The van der Waals surface area contributed by atoms with E-state index in [0.29, 0.717) is 5.56 Å². The van der Waals surface area contributed by atoms with E-state index in [9.17, 15) is 4.79 Å². The number of carbonyl (C=O) groups is 1. The lowest BCUT2D eigenvalue weighted by Crippen LogP contribution is -2.09. The first kappa shape index (κ1) is 26.0. The Labute approximate surface area is 216 Å². The molecule has 0 radical (unpaired) electrons. The molecule has 0 aliphatic carbocycles. The largest absolute Gasteiger partial charge is 0.460 e. The van der Waals surface area contributed by atoms with E-state index in [-0.39, 0.29) is 13.2 Å². The number of hydrogen-bond donors (Lipinski definition) is 2. The molecule has 0 aromatic heterocycles. The fourth-order valence-corrected chi connectivity index (χ4v) is 4.18. The molecule has 0 atom stereocenters. The second-order valence-electron chi connectivity index (χ2n) is 8.16. The highest BCUT2D eigenvalue weighted by Crippen LogP contribution is 2.35. The lowest BCUT2D eigenvalue weighted by molar-refractivity contribution is 0.0436. The van der Waals surface area contributed by atoms with Crippen molar-refractivity contribution in [1.82, 2.24) is 0 Å². The number of carbonyl (C=O) groups excluding carboxylic acids is 1. The first-order valence-corrected chi connectivity index (χ1v) is 12.4. The van der Waals surface area contributed by atoms with Crippen LogP contribution >= 0.6 is 8.69 Å². The summed E-state index contributed by atoms with van der Waals surface area (Å²) in [4.78, 5) is 19.0. The van der Waals surface area contributed by atoms with Crippen molar-refractivity contribution in [2.75, 3.05) is 13.2 Å². The summed E-state index contributed by atoms with van der Waals surface area (Å²) in [7, 11) is -0.833. The quantitative estimate of drug-likeness (QED) is 0.156. The second-order valence-corrected chi connectivity index (χ2v) is 8.32. The molecule has 37 heavy (non-hydrogen) atoms. The molecule has 0 saturated heterocycles. The molecule has 0 amide bonds. The number of aliphatic hydroxyl groups excluding tert-OH is 1. The van der Waals surface area contributed by atoms with Gasteiger partial charge in [-0.3, -0.25) is 0 Å². The third-order valence-corrected chi connectivity index (χ3v) is 5.84. The van der Waals surface area contributed by atoms with Crippen LogP contribution in [-0.2, 0) is 15.7 Å². The van der Waals surface area contributed by atoms with Gasteiger partial charge in [0, 0.05) is 6.42 Å². The normalized spacial score (nSPS) is 11.2. The molecule has 2 N–H and O–H groups in total. The van der Waals surface area contributed by atoms with Crippen molar-refractivity contribution in [3.63, 3.8) is 0 Å². The van der Waals surface area contributed by atoms with Crippen LogP contribution in [-0.4, -0.2) is 29.2 Å². The lowest BCUT2D eigenvalue weighted by Gasteiger charge is -2.19. The summed E-state index contributed by atoms with van der Waals surface area (Å²) >= 11 is 0. The number of esters is 1. The molecule has 0 spiro atoms. The topological polar surface area (TPSA) is 93.1 Å². The van der Waals surface area contributed by atoms with E-state index in [1.165, 1.54) is 11.1 Å². The van der Waals surface area contributed by atoms with Gasteiger partial charge in [0.2, 0.25) is 0 Å². The number of fused-ring (bicyclic) bond motifs is 4. The third kappa shape index (κ3) is 6.38. The van der Waals surface area contributed by atoms with Crippen molar-refractivity contribution in [1.29, 1.82) is 0 Å². The number of benzene rings is 5. The standard InChI is InChI=1S/C17H14O3.C13H10O.HO2P/c18-8-9-20-17(19)15-7-3-6-14-10-12-4-1-2-5-13(12)11-16(14)15;1-3-7-12-10(5-1)9-11-6-2-4-8-13(11)14-12;1-3-2/h1-7,10-11,18H,8-9H2;1-8H,9H2;(H,1,2). The van der Waals surface area contributed by atoms with Gasteiger partial charge in [0.05, 0.1) is 12.2 Å². The van der Waals surface area contributed by atoms with Crippen LogP contribution < -0.4 is 4.74 Å². The number of rotatable bonds is 3. The van der Waals surface area contributed by atoms with Crippen molar-refractivity contribution in [2.24, 2.45) is 0 Å². The third-order valence-electron chi connectivity index (χ3n) is 5.84. The van der Waals surface area contributed by atoms with Gasteiger partial charge in [-0.25, -0.2) is 9.36 Å². The average molecular weight is 512 g/mol. The van der Waals surface area contributed by atoms with E-state index in [2.05, 4.69) is 30.3 Å². The summed E-state index contributed by atoms with van der Waals surface area (Å²) in [5.41, 5.74) is 3.07. The van der Waals surface area contributed by atoms with Gasteiger partial charge < -0.3 is 19.5 Å². The van der Waals surface area contributed by atoms with Gasteiger partial charge >= 0.3 is 14.7 Å². The van der Waals surface area contributed by atoms with Crippen LogP contribution in [0.5, 0.6) is 11.5 Å². The van der Waals surface area contributed by atoms with Crippen LogP contribution in [0.4, 0.5) is 0 Å². The van der Waals surface area contributed by atoms with Gasteiger partial charge in [-0.15, -0.1) is 0 Å². The Hall–Kier alpha value is -4.09. The Bertz CT molecular complexity index is 1440. The highest BCUT2D eigenvalue weighted by atomic mass is 31.1. The highest BCUT2D eigenvalue weighted by molar-refractivity contribution is 7.16. The molecule has 5 aromatic carbocycles. The number of hydrogen-bond acceptors (Lipinski definition) is 5. The van der Waals surface area contributed by atoms with E-state index >= 15 is 0 Å². The Morgan fingerprint density at radius 2 is 1.32 bits per heavy atom. The number of ether oxygens (including phenoxy) is 2. The van der Waals surface area contributed by atoms with Crippen molar-refractivity contribution in [3.8, 4) is 11.5 Å². The summed E-state index contributed by atoms with van der Waals surface area (Å²) in [5, 5.41) is 12.8. The Morgan fingerprint density at radius 1 is 0.784 bits per heavy atom. The first-order valence-electron chi connectivity index (χ1n) is 11.6. The Kier molecular flexibility index (Phi) is 8.95. The molecule has 0 fully saturated rings. The molecule has 6 rings (SSSR count). The molecule has 1 aliphatic heterocycles. The molecule has 6 nitrogen and oxygen atoms in total. The summed E-state index contributed by atoms with van der Waals surface area (Å²) in [6, 6.07) is 34.0. The van der Waals surface area contributed by atoms with Gasteiger partial charge in [0.15, 0.2) is 0 Å². The lowest BCUT2D eigenvalue weighted by atomic mass is 10.00. The minimum Gasteiger partial charge on any atom is -0.460 e. The molecular formula is C30H25O6P. The van der Waals surface area contributed by atoms with Crippen LogP contribution in [0.1, 0.15) is 21.5 Å². The molecule has 0 bridgehead atoms. The van der Waals surface area contributed by atoms with Crippen LogP contribution in [0.2, 0.25) is 0 Å². The van der Waals surface area contributed by atoms with E-state index in [0.717, 1.165) is 39.5 Å². The summed E-state index contributed by atoms with van der Waals surface area (Å²) in [5.74, 6) is 1.58. The van der Waals surface area contributed by atoms with Gasteiger partial charge in [0.25, 0.3) is 0 Å². The van der Waals surface area contributed by atoms with E-state index in [1.54, 1.807) is 6.07 Å². The maximum absolute atomic E-state index is 12.0. The van der Waals surface area contributed by atoms with Crippen LogP contribution in [0.25, 0.3) is 21.5 Å². The summed E-state index contributed by atoms with van der Waals surface area (Å²) in [6.45, 7) is -0.151. The predicted octanol–water partition coefficient (Wildman–Crippen LogP) is 6.71. The zero-order valence-electron chi connectivity index (χ0n) is 19.9. The SMILES string of the molecule is O=C(OCCO)c1cccc2cc3ccccc3cc12.O=PO.c1ccc2c(c1)Cc1ccccc1O2. The maximum Gasteiger partial charge on any atom is 0.338 e. The van der Waals surface area contributed by atoms with E-state index < -0.39 is 14.7 Å². The maximum atomic E-state index is 12.0. The molecule has 5 aromatic rings. The highest BCUT2D eigenvalue weighted by Gasteiger charge is 2.15. The minimum atomic E-state index is -0.833. The predicted molar refractivity (Wildman–Crippen MR) is 144 cm³/mol. The summed E-state index contributed by atoms with van der Waals surface area (Å²) < 4.78 is 19.2. The summed E-state index contributed by atoms with van der Waals surface area (Å²) in [6.07, 6.45) is 0.979. The molecular weight excluding hydrogens is 487 g/mol. The van der Waals surface area contributed by atoms with Crippen molar-refractivity contribution >= 4 is 36.2 Å². The average Bonchev–Trinajstić information content (AvgIpc) is 2.94. The molecule has 0 saturated carbocycles. The zero-order valence-corrected chi connectivity index (χ0v) is 20.8. The second kappa shape index (κ2) is 12.7. The smallest absolute Gasteiger partial charge is 0.338 e. The molecule has 186 valence electrons. The minimum absolute atomic E-state index is 0.0167. The zero-order chi connectivity index (χ0) is 26.0.